The Morgan fingerprint density at radius 2 is 2.21 bits per heavy atom. The molecule has 14 heavy (non-hydrogen) atoms. The molecule has 0 saturated heterocycles. The van der Waals surface area contributed by atoms with E-state index in [1.807, 2.05) is 18.2 Å². The van der Waals surface area contributed by atoms with Crippen LogP contribution >= 0.6 is 0 Å². The van der Waals surface area contributed by atoms with Crippen molar-refractivity contribution in [3.8, 4) is 11.4 Å². The minimum absolute atomic E-state index is 0.699. The number of H-pyrrole nitrogens is 1. The molecule has 0 aliphatic rings. The SMILES string of the molecule is c1cc(-c2ncn[nH]2)c2ncoc2c1. The summed E-state index contributed by atoms with van der Waals surface area (Å²) >= 11 is 0. The van der Waals surface area contributed by atoms with Crippen LogP contribution in [0.4, 0.5) is 0 Å². The Bertz CT molecular complexity index is 555. The van der Waals surface area contributed by atoms with Gasteiger partial charge in [0.2, 0.25) is 0 Å². The Morgan fingerprint density at radius 1 is 1.21 bits per heavy atom. The summed E-state index contributed by atoms with van der Waals surface area (Å²) in [5.41, 5.74) is 2.44. The molecule has 0 aliphatic heterocycles. The second kappa shape index (κ2) is 2.66. The van der Waals surface area contributed by atoms with Gasteiger partial charge in [-0.2, -0.15) is 5.10 Å². The Labute approximate surface area is 78.8 Å². The normalized spacial score (nSPS) is 10.9. The Kier molecular flexibility index (Phi) is 1.38. The molecule has 0 atom stereocenters. The lowest BCUT2D eigenvalue weighted by Gasteiger charge is -1.95. The number of nitrogens with one attached hydrogen (secondary N) is 1. The van der Waals surface area contributed by atoms with Crippen LogP contribution in [0, 0.1) is 0 Å². The molecule has 0 saturated carbocycles. The van der Waals surface area contributed by atoms with E-state index in [9.17, 15) is 0 Å². The number of oxazole rings is 1. The fourth-order valence-corrected chi connectivity index (χ4v) is 1.41. The number of benzene rings is 1. The maximum absolute atomic E-state index is 5.18. The van der Waals surface area contributed by atoms with Gasteiger partial charge in [-0.15, -0.1) is 0 Å². The van der Waals surface area contributed by atoms with Crippen molar-refractivity contribution in [2.75, 3.05) is 0 Å². The third-order valence-electron chi connectivity index (χ3n) is 2.03. The van der Waals surface area contributed by atoms with Crippen molar-refractivity contribution >= 4 is 11.1 Å². The molecule has 0 amide bonds. The van der Waals surface area contributed by atoms with E-state index in [0.717, 1.165) is 16.7 Å². The van der Waals surface area contributed by atoms with Crippen LogP contribution in [0.2, 0.25) is 0 Å². The van der Waals surface area contributed by atoms with Crippen LogP contribution in [0.5, 0.6) is 0 Å². The molecular formula is C9H6N4O. The second-order valence-electron chi connectivity index (χ2n) is 2.84. The molecule has 68 valence electrons. The molecule has 2 aromatic heterocycles. The molecule has 1 N–H and O–H groups in total. The van der Waals surface area contributed by atoms with Crippen molar-refractivity contribution in [1.29, 1.82) is 0 Å². The van der Waals surface area contributed by atoms with Gasteiger partial charge in [0, 0.05) is 5.56 Å². The Balaban J connectivity index is 2.36. The lowest BCUT2D eigenvalue weighted by Crippen LogP contribution is -1.82. The van der Waals surface area contributed by atoms with Crippen molar-refractivity contribution in [1.82, 2.24) is 20.2 Å². The van der Waals surface area contributed by atoms with Gasteiger partial charge in [-0.3, -0.25) is 5.10 Å². The highest BCUT2D eigenvalue weighted by atomic mass is 16.3. The van der Waals surface area contributed by atoms with E-state index in [0.29, 0.717) is 5.82 Å². The van der Waals surface area contributed by atoms with Crippen LogP contribution in [0.15, 0.2) is 35.3 Å². The summed E-state index contributed by atoms with van der Waals surface area (Å²) in [6, 6.07) is 5.68. The van der Waals surface area contributed by atoms with Gasteiger partial charge >= 0.3 is 0 Å². The van der Waals surface area contributed by atoms with Crippen molar-refractivity contribution in [2.45, 2.75) is 0 Å². The Morgan fingerprint density at radius 3 is 3.07 bits per heavy atom. The van der Waals surface area contributed by atoms with E-state index < -0.39 is 0 Å². The van der Waals surface area contributed by atoms with Gasteiger partial charge in [0.25, 0.3) is 0 Å². The average Bonchev–Trinajstić information content (AvgIpc) is 2.88. The number of rotatable bonds is 1. The van der Waals surface area contributed by atoms with Gasteiger partial charge < -0.3 is 4.42 Å². The second-order valence-corrected chi connectivity index (χ2v) is 2.84. The lowest BCUT2D eigenvalue weighted by atomic mass is 10.2. The molecule has 3 rings (SSSR count). The number of aromatic amines is 1. The lowest BCUT2D eigenvalue weighted by molar-refractivity contribution is 0.602. The van der Waals surface area contributed by atoms with Crippen LogP contribution in [0.3, 0.4) is 0 Å². The van der Waals surface area contributed by atoms with Crippen molar-refractivity contribution in [3.63, 3.8) is 0 Å². The van der Waals surface area contributed by atoms with Gasteiger partial charge in [-0.25, -0.2) is 9.97 Å². The predicted octanol–water partition coefficient (Wildman–Crippen LogP) is 1.61. The van der Waals surface area contributed by atoms with Crippen molar-refractivity contribution in [2.24, 2.45) is 0 Å². The first kappa shape index (κ1) is 7.25. The van der Waals surface area contributed by atoms with Crippen LogP contribution in [-0.2, 0) is 0 Å². The Hall–Kier alpha value is -2.17. The molecule has 0 bridgehead atoms. The van der Waals surface area contributed by atoms with E-state index in [2.05, 4.69) is 20.2 Å². The molecular weight excluding hydrogens is 180 g/mol. The van der Waals surface area contributed by atoms with E-state index in [1.54, 1.807) is 0 Å². The van der Waals surface area contributed by atoms with E-state index in [4.69, 9.17) is 4.42 Å². The molecule has 5 heteroatoms. The monoisotopic (exact) mass is 186 g/mol. The smallest absolute Gasteiger partial charge is 0.182 e. The average molecular weight is 186 g/mol. The summed E-state index contributed by atoms with van der Waals surface area (Å²) in [4.78, 5) is 8.19. The fraction of sp³-hybridized carbons (Fsp3) is 0. The first-order chi connectivity index (χ1) is 6.95. The third-order valence-corrected chi connectivity index (χ3v) is 2.03. The number of aromatic nitrogens is 4. The minimum atomic E-state index is 0.699. The highest BCUT2D eigenvalue weighted by Gasteiger charge is 2.08. The largest absolute Gasteiger partial charge is 0.443 e. The number of hydrogen-bond acceptors (Lipinski definition) is 4. The zero-order valence-electron chi connectivity index (χ0n) is 7.14. The molecule has 0 fully saturated rings. The first-order valence-electron chi connectivity index (χ1n) is 4.13. The van der Waals surface area contributed by atoms with Gasteiger partial charge in [0.15, 0.2) is 17.8 Å². The molecule has 3 aromatic rings. The van der Waals surface area contributed by atoms with Crippen LogP contribution in [-0.4, -0.2) is 20.2 Å². The van der Waals surface area contributed by atoms with Gasteiger partial charge in [-0.1, -0.05) is 6.07 Å². The molecule has 0 aliphatic carbocycles. The van der Waals surface area contributed by atoms with Crippen molar-refractivity contribution < 1.29 is 4.42 Å². The molecule has 1 aromatic carbocycles. The van der Waals surface area contributed by atoms with Gasteiger partial charge in [0.05, 0.1) is 0 Å². The van der Waals surface area contributed by atoms with Gasteiger partial charge in [0.1, 0.15) is 11.8 Å². The van der Waals surface area contributed by atoms with E-state index in [1.165, 1.54) is 12.7 Å². The maximum atomic E-state index is 5.18. The summed E-state index contributed by atoms with van der Waals surface area (Å²) in [5.74, 6) is 0.699. The molecule has 0 unspecified atom stereocenters. The predicted molar refractivity (Wildman–Crippen MR) is 49.4 cm³/mol. The summed E-state index contributed by atoms with van der Waals surface area (Å²) in [5, 5.41) is 6.59. The summed E-state index contributed by atoms with van der Waals surface area (Å²) in [7, 11) is 0. The number of hydrogen-bond donors (Lipinski definition) is 1. The zero-order chi connectivity index (χ0) is 9.38. The zero-order valence-corrected chi connectivity index (χ0v) is 7.14. The maximum Gasteiger partial charge on any atom is 0.182 e. The summed E-state index contributed by atoms with van der Waals surface area (Å²) < 4.78 is 5.18. The standard InChI is InChI=1S/C9H6N4O/c1-2-6(9-10-4-12-13-9)8-7(3-1)14-5-11-8/h1-5H,(H,10,12,13). The van der Waals surface area contributed by atoms with Crippen LogP contribution in [0.25, 0.3) is 22.5 Å². The van der Waals surface area contributed by atoms with Crippen molar-refractivity contribution in [3.05, 3.63) is 30.9 Å². The molecule has 2 heterocycles. The van der Waals surface area contributed by atoms with Crippen LogP contribution in [0.1, 0.15) is 0 Å². The third kappa shape index (κ3) is 0.922. The fourth-order valence-electron chi connectivity index (χ4n) is 1.41. The number of nitrogens with zero attached hydrogens (tertiary/aromatic N) is 3. The first-order valence-corrected chi connectivity index (χ1v) is 4.13. The van der Waals surface area contributed by atoms with Gasteiger partial charge in [-0.05, 0) is 12.1 Å². The molecule has 0 radical (unpaired) electrons. The number of fused-ring (bicyclic) bond motifs is 1. The quantitative estimate of drug-likeness (QED) is 0.626. The highest BCUT2D eigenvalue weighted by Crippen LogP contribution is 2.23. The summed E-state index contributed by atoms with van der Waals surface area (Å²) in [6.45, 7) is 0. The minimum Gasteiger partial charge on any atom is -0.443 e. The van der Waals surface area contributed by atoms with E-state index >= 15 is 0 Å². The molecule has 5 nitrogen and oxygen atoms in total. The number of para-hydroxylation sites is 1. The van der Waals surface area contributed by atoms with Crippen LogP contribution < -0.4 is 0 Å². The van der Waals surface area contributed by atoms with E-state index in [-0.39, 0.29) is 0 Å². The molecule has 0 spiro atoms. The highest BCUT2D eigenvalue weighted by molar-refractivity contribution is 5.88. The topological polar surface area (TPSA) is 67.6 Å². The summed E-state index contributed by atoms with van der Waals surface area (Å²) in [6.07, 6.45) is 2.89.